The van der Waals surface area contributed by atoms with Crippen LogP contribution in [0.25, 0.3) is 0 Å². The Bertz CT molecular complexity index is 930. The number of ether oxygens (including phenoxy) is 1. The van der Waals surface area contributed by atoms with E-state index in [1.807, 2.05) is 0 Å². The second-order valence-corrected chi connectivity index (χ2v) is 7.21. The van der Waals surface area contributed by atoms with E-state index in [4.69, 9.17) is 4.74 Å². The zero-order valence-electron chi connectivity index (χ0n) is 16.5. The van der Waals surface area contributed by atoms with Crippen molar-refractivity contribution in [2.24, 2.45) is 0 Å². The molecular weight excluding hydrogens is 382 g/mol. The summed E-state index contributed by atoms with van der Waals surface area (Å²) >= 11 is 0. The van der Waals surface area contributed by atoms with Crippen LogP contribution in [0.5, 0.6) is 0 Å². The molecule has 1 saturated heterocycles. The number of hydrogen-bond acceptors (Lipinski definition) is 7. The SMILES string of the molecule is COC1=C(C)C(=O)C2=C(C1=O)[C@@H](CNC(=O)C(C)=O)N1C(=O)CN(C)C(=O)[C@@H]1C2. The molecule has 2 atom stereocenters. The lowest BCUT2D eigenvalue weighted by Crippen LogP contribution is -2.66. The fourth-order valence-electron chi connectivity index (χ4n) is 4.02. The molecule has 0 aromatic carbocycles. The number of nitrogens with one attached hydrogen (secondary N) is 1. The monoisotopic (exact) mass is 403 g/mol. The Morgan fingerprint density at radius 2 is 1.83 bits per heavy atom. The molecule has 3 rings (SSSR count). The van der Waals surface area contributed by atoms with Gasteiger partial charge in [-0.25, -0.2) is 0 Å². The van der Waals surface area contributed by atoms with Crippen LogP contribution in [0.2, 0.25) is 0 Å². The number of rotatable bonds is 4. The van der Waals surface area contributed by atoms with Crippen molar-refractivity contribution in [3.8, 4) is 0 Å². The summed E-state index contributed by atoms with van der Waals surface area (Å²) in [6.45, 7) is 2.06. The molecule has 1 aliphatic carbocycles. The van der Waals surface area contributed by atoms with Crippen LogP contribution >= 0.6 is 0 Å². The van der Waals surface area contributed by atoms with Gasteiger partial charge in [0.1, 0.15) is 6.04 Å². The zero-order chi connectivity index (χ0) is 21.6. The molecule has 0 aromatic rings. The van der Waals surface area contributed by atoms with Gasteiger partial charge in [-0.05, 0) is 6.92 Å². The number of Topliss-reactive ketones (excluding diaryl/α,β-unsaturated/α-hetero) is 3. The van der Waals surface area contributed by atoms with E-state index in [1.165, 1.54) is 30.9 Å². The quantitative estimate of drug-likeness (QED) is 0.447. The zero-order valence-corrected chi connectivity index (χ0v) is 16.5. The lowest BCUT2D eigenvalue weighted by Gasteiger charge is -2.47. The molecule has 0 aromatic heterocycles. The third-order valence-electron chi connectivity index (χ3n) is 5.44. The standard InChI is InChI=1S/C19H21N3O7/c1-8-15(25)10-5-11-19(28)21(3)7-13(24)22(11)12(6-20-18(27)9(2)23)14(10)16(26)17(8)29-4/h11-12H,5-7H2,1-4H3,(H,20,27)/t11-,12+/m0/s1. The molecule has 10 nitrogen and oxygen atoms in total. The molecule has 0 saturated carbocycles. The summed E-state index contributed by atoms with van der Waals surface area (Å²) in [5, 5.41) is 2.38. The minimum Gasteiger partial charge on any atom is -0.492 e. The number of hydrogen-bond donors (Lipinski definition) is 1. The number of nitrogens with zero attached hydrogens (tertiary/aromatic N) is 2. The molecule has 1 N–H and O–H groups in total. The van der Waals surface area contributed by atoms with Crippen molar-refractivity contribution in [1.82, 2.24) is 15.1 Å². The van der Waals surface area contributed by atoms with Crippen LogP contribution < -0.4 is 5.32 Å². The Morgan fingerprint density at radius 1 is 1.17 bits per heavy atom. The lowest BCUT2D eigenvalue weighted by molar-refractivity contribution is -0.157. The Hall–Kier alpha value is -3.30. The van der Waals surface area contributed by atoms with Crippen LogP contribution in [0.4, 0.5) is 0 Å². The minimum atomic E-state index is -1.06. The summed E-state index contributed by atoms with van der Waals surface area (Å²) in [7, 11) is 2.74. The van der Waals surface area contributed by atoms with E-state index >= 15 is 0 Å². The van der Waals surface area contributed by atoms with E-state index in [1.54, 1.807) is 0 Å². The molecule has 0 bridgehead atoms. The van der Waals surface area contributed by atoms with Gasteiger partial charge in [-0.2, -0.15) is 0 Å². The van der Waals surface area contributed by atoms with E-state index in [0.29, 0.717) is 0 Å². The Kier molecular flexibility index (Phi) is 5.12. The molecule has 10 heteroatoms. The van der Waals surface area contributed by atoms with Crippen molar-refractivity contribution in [1.29, 1.82) is 0 Å². The third kappa shape index (κ3) is 3.14. The van der Waals surface area contributed by atoms with Crippen LogP contribution in [0.3, 0.4) is 0 Å². The first-order valence-corrected chi connectivity index (χ1v) is 9.02. The summed E-state index contributed by atoms with van der Waals surface area (Å²) in [6.07, 6.45) is -0.0969. The van der Waals surface area contributed by atoms with Crippen molar-refractivity contribution in [3.05, 3.63) is 22.5 Å². The van der Waals surface area contributed by atoms with Gasteiger partial charge in [0, 0.05) is 43.7 Å². The number of methoxy groups -OCH3 is 1. The number of piperazine rings is 1. The number of carbonyl (C=O) groups is 6. The largest absolute Gasteiger partial charge is 0.492 e. The van der Waals surface area contributed by atoms with Crippen LogP contribution in [0.1, 0.15) is 20.3 Å². The van der Waals surface area contributed by atoms with E-state index < -0.39 is 41.2 Å². The Balaban J connectivity index is 2.11. The molecule has 2 aliphatic heterocycles. The number of amides is 3. The van der Waals surface area contributed by atoms with Gasteiger partial charge in [-0.3, -0.25) is 28.8 Å². The lowest BCUT2D eigenvalue weighted by atomic mass is 9.77. The predicted molar refractivity (Wildman–Crippen MR) is 97.1 cm³/mol. The maximum absolute atomic E-state index is 13.1. The molecule has 3 aliphatic rings. The van der Waals surface area contributed by atoms with Crippen LogP contribution in [-0.2, 0) is 33.5 Å². The highest BCUT2D eigenvalue weighted by molar-refractivity contribution is 6.35. The average molecular weight is 403 g/mol. The minimum absolute atomic E-state index is 0.0169. The summed E-state index contributed by atoms with van der Waals surface area (Å²) in [5.74, 6) is -3.56. The number of allylic oxidation sites excluding steroid dienone is 2. The third-order valence-corrected chi connectivity index (χ3v) is 5.44. The predicted octanol–water partition coefficient (Wildman–Crippen LogP) is -1.50. The van der Waals surface area contributed by atoms with Crippen LogP contribution in [-0.4, -0.2) is 84.2 Å². The molecule has 0 unspecified atom stereocenters. The molecule has 2 heterocycles. The number of likely N-dealkylation sites (N-methyl/N-ethyl adjacent to an activating group) is 1. The van der Waals surface area contributed by atoms with Gasteiger partial charge >= 0.3 is 0 Å². The van der Waals surface area contributed by atoms with E-state index in [0.717, 1.165) is 6.92 Å². The highest BCUT2D eigenvalue weighted by Crippen LogP contribution is 2.38. The maximum Gasteiger partial charge on any atom is 0.287 e. The Labute approximate surface area is 166 Å². The smallest absolute Gasteiger partial charge is 0.287 e. The number of fused-ring (bicyclic) bond motifs is 1. The van der Waals surface area contributed by atoms with Gasteiger partial charge in [0.25, 0.3) is 5.91 Å². The van der Waals surface area contributed by atoms with Crippen molar-refractivity contribution < 1.29 is 33.5 Å². The first-order valence-electron chi connectivity index (χ1n) is 9.02. The van der Waals surface area contributed by atoms with Gasteiger partial charge in [0.2, 0.25) is 23.4 Å². The van der Waals surface area contributed by atoms with Crippen molar-refractivity contribution >= 4 is 35.1 Å². The topological polar surface area (TPSA) is 130 Å². The first-order chi connectivity index (χ1) is 13.6. The summed E-state index contributed by atoms with van der Waals surface area (Å²) in [4.78, 5) is 77.0. The summed E-state index contributed by atoms with van der Waals surface area (Å²) in [6, 6.07) is -2.03. The highest BCUT2D eigenvalue weighted by Gasteiger charge is 2.51. The fraction of sp³-hybridized carbons (Fsp3) is 0.474. The maximum atomic E-state index is 13.1. The van der Waals surface area contributed by atoms with Gasteiger partial charge in [0.15, 0.2) is 11.5 Å². The Morgan fingerprint density at radius 3 is 2.41 bits per heavy atom. The van der Waals surface area contributed by atoms with E-state index in [9.17, 15) is 28.8 Å². The van der Waals surface area contributed by atoms with Gasteiger partial charge in [-0.15, -0.1) is 0 Å². The summed E-state index contributed by atoms with van der Waals surface area (Å²) in [5.41, 5.74) is 0.274. The molecule has 154 valence electrons. The van der Waals surface area contributed by atoms with Crippen LogP contribution in [0.15, 0.2) is 22.5 Å². The van der Waals surface area contributed by atoms with Crippen molar-refractivity contribution in [3.63, 3.8) is 0 Å². The fourth-order valence-corrected chi connectivity index (χ4v) is 4.02. The molecule has 29 heavy (non-hydrogen) atoms. The van der Waals surface area contributed by atoms with Gasteiger partial charge in [-0.1, -0.05) is 0 Å². The van der Waals surface area contributed by atoms with Crippen molar-refractivity contribution in [2.45, 2.75) is 32.4 Å². The summed E-state index contributed by atoms with van der Waals surface area (Å²) < 4.78 is 5.10. The van der Waals surface area contributed by atoms with E-state index in [2.05, 4.69) is 5.32 Å². The van der Waals surface area contributed by atoms with E-state index in [-0.39, 0.29) is 47.9 Å². The average Bonchev–Trinajstić information content (AvgIpc) is 2.67. The van der Waals surface area contributed by atoms with Crippen LogP contribution in [0, 0.1) is 0 Å². The highest BCUT2D eigenvalue weighted by atomic mass is 16.5. The molecular formula is C19H21N3O7. The number of carbonyl (C=O) groups excluding carboxylic acids is 6. The number of ketones is 3. The molecule has 0 spiro atoms. The molecule has 3 amide bonds. The van der Waals surface area contributed by atoms with Gasteiger partial charge < -0.3 is 19.9 Å². The normalized spacial score (nSPS) is 24.6. The van der Waals surface area contributed by atoms with Crippen molar-refractivity contribution in [2.75, 3.05) is 27.2 Å². The first kappa shape index (κ1) is 20.4. The molecule has 0 radical (unpaired) electrons. The second kappa shape index (κ2) is 7.26. The second-order valence-electron chi connectivity index (χ2n) is 7.21. The molecule has 1 fully saturated rings. The van der Waals surface area contributed by atoms with Gasteiger partial charge in [0.05, 0.1) is 19.7 Å².